The third-order valence-electron chi connectivity index (χ3n) is 2.45. The van der Waals surface area contributed by atoms with Crippen LogP contribution in [-0.4, -0.2) is 16.5 Å². The molecule has 100 valence electrons. The summed E-state index contributed by atoms with van der Waals surface area (Å²) in [6.45, 7) is 4.49. The maximum atomic E-state index is 13.0. The lowest BCUT2D eigenvalue weighted by molar-refractivity contribution is 0.453. The Morgan fingerprint density at radius 1 is 1.37 bits per heavy atom. The summed E-state index contributed by atoms with van der Waals surface area (Å²) in [7, 11) is 0. The van der Waals surface area contributed by atoms with Gasteiger partial charge in [0.1, 0.15) is 28.2 Å². The highest BCUT2D eigenvalue weighted by molar-refractivity contribution is 9.10. The van der Waals surface area contributed by atoms with Crippen LogP contribution in [0.3, 0.4) is 0 Å². The lowest BCUT2D eigenvalue weighted by Gasteiger charge is -2.11. The first kappa shape index (κ1) is 13.7. The number of hydrogen-bond donors (Lipinski definition) is 1. The van der Waals surface area contributed by atoms with Crippen LogP contribution in [0.4, 0.5) is 10.2 Å². The molecule has 0 spiro atoms. The van der Waals surface area contributed by atoms with Crippen LogP contribution in [0.25, 0.3) is 0 Å². The average Bonchev–Trinajstić information content (AvgIpc) is 2.37. The highest BCUT2D eigenvalue weighted by Crippen LogP contribution is 2.33. The average molecular weight is 326 g/mol. The van der Waals surface area contributed by atoms with E-state index in [1.165, 1.54) is 18.5 Å². The van der Waals surface area contributed by atoms with Crippen molar-refractivity contribution in [3.63, 3.8) is 0 Å². The Hall–Kier alpha value is -1.69. The Labute approximate surface area is 119 Å². The zero-order valence-corrected chi connectivity index (χ0v) is 12.2. The minimum atomic E-state index is -0.292. The second-order valence-electron chi connectivity index (χ2n) is 3.88. The van der Waals surface area contributed by atoms with Crippen molar-refractivity contribution in [3.8, 4) is 11.6 Å². The Morgan fingerprint density at radius 2 is 2.16 bits per heavy atom. The summed E-state index contributed by atoms with van der Waals surface area (Å²) in [6, 6.07) is 4.34. The predicted octanol–water partition coefficient (Wildman–Crippen LogP) is 3.91. The fourth-order valence-corrected chi connectivity index (χ4v) is 1.97. The highest BCUT2D eigenvalue weighted by Gasteiger charge is 2.11. The number of anilines is 1. The molecule has 1 N–H and O–H groups in total. The van der Waals surface area contributed by atoms with Gasteiger partial charge in [-0.25, -0.2) is 14.4 Å². The number of ether oxygens (including phenoxy) is 1. The molecule has 1 heterocycles. The van der Waals surface area contributed by atoms with Crippen molar-refractivity contribution < 1.29 is 9.13 Å². The summed E-state index contributed by atoms with van der Waals surface area (Å²) in [5.74, 6) is 1.32. The number of rotatable bonds is 4. The fourth-order valence-electron chi connectivity index (χ4n) is 1.55. The van der Waals surface area contributed by atoms with E-state index in [1.807, 2.05) is 6.92 Å². The van der Waals surface area contributed by atoms with E-state index < -0.39 is 0 Å². The van der Waals surface area contributed by atoms with Crippen molar-refractivity contribution in [2.24, 2.45) is 0 Å². The van der Waals surface area contributed by atoms with E-state index in [4.69, 9.17) is 4.74 Å². The van der Waals surface area contributed by atoms with E-state index in [-0.39, 0.29) is 5.82 Å². The zero-order valence-electron chi connectivity index (χ0n) is 10.6. The summed E-state index contributed by atoms with van der Waals surface area (Å²) in [5.41, 5.74) is 0.704. The maximum Gasteiger partial charge on any atom is 0.238 e. The molecule has 1 aromatic carbocycles. The summed E-state index contributed by atoms with van der Waals surface area (Å²) < 4.78 is 19.3. The number of nitrogens with one attached hydrogen (secondary N) is 1. The van der Waals surface area contributed by atoms with Crippen LogP contribution >= 0.6 is 15.9 Å². The Bertz CT molecular complexity index is 592. The van der Waals surface area contributed by atoms with E-state index in [2.05, 4.69) is 31.2 Å². The predicted molar refractivity (Wildman–Crippen MR) is 75.1 cm³/mol. The Balaban J connectivity index is 2.30. The van der Waals surface area contributed by atoms with E-state index in [1.54, 1.807) is 13.0 Å². The van der Waals surface area contributed by atoms with Crippen molar-refractivity contribution in [2.75, 3.05) is 11.9 Å². The smallest absolute Gasteiger partial charge is 0.238 e. The molecule has 4 nitrogen and oxygen atoms in total. The molecule has 0 aliphatic carbocycles. The lowest BCUT2D eigenvalue weighted by atomic mass is 10.2. The van der Waals surface area contributed by atoms with E-state index >= 15 is 0 Å². The summed E-state index contributed by atoms with van der Waals surface area (Å²) >= 11 is 3.39. The number of nitrogens with zero attached hydrogens (tertiary/aromatic N) is 2. The van der Waals surface area contributed by atoms with E-state index in [9.17, 15) is 4.39 Å². The molecular formula is C13H13BrFN3O. The minimum Gasteiger partial charge on any atom is -0.437 e. The molecule has 0 bridgehead atoms. The molecule has 19 heavy (non-hydrogen) atoms. The standard InChI is InChI=1S/C13H13BrFN3O/c1-3-16-12-11(14)13(18-7-17-12)19-10-5-4-9(15)6-8(10)2/h4-7H,3H2,1-2H3,(H,16,17,18). The third-order valence-corrected chi connectivity index (χ3v) is 3.16. The molecule has 6 heteroatoms. The molecular weight excluding hydrogens is 313 g/mol. The number of halogens is 2. The van der Waals surface area contributed by atoms with E-state index in [0.717, 1.165) is 6.54 Å². The van der Waals surface area contributed by atoms with Gasteiger partial charge < -0.3 is 10.1 Å². The van der Waals surface area contributed by atoms with Gasteiger partial charge in [-0.2, -0.15) is 0 Å². The molecule has 2 aromatic rings. The van der Waals surface area contributed by atoms with Gasteiger partial charge in [0, 0.05) is 6.54 Å². The number of aryl methyl sites for hydroxylation is 1. The number of hydrogen-bond acceptors (Lipinski definition) is 4. The quantitative estimate of drug-likeness (QED) is 0.925. The van der Waals surface area contributed by atoms with Gasteiger partial charge in [0.25, 0.3) is 0 Å². The third kappa shape index (κ3) is 3.20. The summed E-state index contributed by atoms with van der Waals surface area (Å²) in [6.07, 6.45) is 1.41. The first-order chi connectivity index (χ1) is 9.11. The van der Waals surface area contributed by atoms with Crippen LogP contribution in [0.1, 0.15) is 12.5 Å². The second kappa shape index (κ2) is 5.97. The van der Waals surface area contributed by atoms with Gasteiger partial charge in [-0.05, 0) is 53.5 Å². The van der Waals surface area contributed by atoms with Crippen LogP contribution < -0.4 is 10.1 Å². The van der Waals surface area contributed by atoms with Crippen molar-refractivity contribution in [2.45, 2.75) is 13.8 Å². The van der Waals surface area contributed by atoms with Gasteiger partial charge in [-0.1, -0.05) is 0 Å². The molecule has 0 unspecified atom stereocenters. The van der Waals surface area contributed by atoms with Crippen molar-refractivity contribution >= 4 is 21.7 Å². The monoisotopic (exact) mass is 325 g/mol. The second-order valence-corrected chi connectivity index (χ2v) is 4.68. The molecule has 0 atom stereocenters. The van der Waals surface area contributed by atoms with Crippen LogP contribution in [0.5, 0.6) is 11.6 Å². The Morgan fingerprint density at radius 3 is 2.84 bits per heavy atom. The van der Waals surface area contributed by atoms with Crippen molar-refractivity contribution in [3.05, 3.63) is 40.4 Å². The number of benzene rings is 1. The van der Waals surface area contributed by atoms with Gasteiger partial charge in [0.15, 0.2) is 0 Å². The molecule has 0 saturated heterocycles. The highest BCUT2D eigenvalue weighted by atomic mass is 79.9. The van der Waals surface area contributed by atoms with Gasteiger partial charge in [-0.3, -0.25) is 0 Å². The van der Waals surface area contributed by atoms with Gasteiger partial charge in [-0.15, -0.1) is 0 Å². The minimum absolute atomic E-state index is 0.292. The van der Waals surface area contributed by atoms with Gasteiger partial charge in [0.05, 0.1) is 0 Å². The topological polar surface area (TPSA) is 47.0 Å². The first-order valence-electron chi connectivity index (χ1n) is 5.80. The Kier molecular flexibility index (Phi) is 4.31. The lowest BCUT2D eigenvalue weighted by Crippen LogP contribution is -2.02. The SMILES string of the molecule is CCNc1ncnc(Oc2ccc(F)cc2C)c1Br. The molecule has 1 aromatic heterocycles. The molecule has 0 aliphatic heterocycles. The summed E-state index contributed by atoms with van der Waals surface area (Å²) in [5, 5.41) is 3.09. The first-order valence-corrected chi connectivity index (χ1v) is 6.59. The van der Waals surface area contributed by atoms with Crippen molar-refractivity contribution in [1.82, 2.24) is 9.97 Å². The van der Waals surface area contributed by atoms with Crippen LogP contribution in [0.2, 0.25) is 0 Å². The number of aromatic nitrogens is 2. The largest absolute Gasteiger partial charge is 0.437 e. The molecule has 0 saturated carbocycles. The fraction of sp³-hybridized carbons (Fsp3) is 0.231. The molecule has 0 radical (unpaired) electrons. The van der Waals surface area contributed by atoms with Crippen molar-refractivity contribution in [1.29, 1.82) is 0 Å². The molecule has 2 rings (SSSR count). The maximum absolute atomic E-state index is 13.0. The zero-order chi connectivity index (χ0) is 13.8. The van der Waals surface area contributed by atoms with Crippen LogP contribution in [0.15, 0.2) is 29.0 Å². The molecule has 0 aliphatic rings. The van der Waals surface area contributed by atoms with E-state index in [0.29, 0.717) is 27.5 Å². The molecule has 0 amide bonds. The van der Waals surface area contributed by atoms with Crippen LogP contribution in [0, 0.1) is 12.7 Å². The summed E-state index contributed by atoms with van der Waals surface area (Å²) in [4.78, 5) is 8.16. The normalized spacial score (nSPS) is 10.3. The molecule has 0 fully saturated rings. The van der Waals surface area contributed by atoms with Gasteiger partial charge in [0.2, 0.25) is 5.88 Å². The van der Waals surface area contributed by atoms with Crippen LogP contribution in [-0.2, 0) is 0 Å². The van der Waals surface area contributed by atoms with Gasteiger partial charge >= 0.3 is 0 Å².